The second kappa shape index (κ2) is 7.53. The molecular formula is C17H17N5O2. The van der Waals surface area contributed by atoms with Crippen LogP contribution < -0.4 is 10.6 Å². The Morgan fingerprint density at radius 2 is 2.17 bits per heavy atom. The van der Waals surface area contributed by atoms with Crippen LogP contribution in [-0.4, -0.2) is 35.1 Å². The van der Waals surface area contributed by atoms with Gasteiger partial charge in [-0.25, -0.2) is 9.97 Å². The lowest BCUT2D eigenvalue weighted by Gasteiger charge is -2.11. The van der Waals surface area contributed by atoms with Crippen molar-refractivity contribution in [2.75, 3.05) is 18.5 Å². The predicted octanol–water partition coefficient (Wildman–Crippen LogP) is 2.00. The molecule has 122 valence electrons. The summed E-state index contributed by atoms with van der Waals surface area (Å²) in [6.07, 6.45) is 3.43. The van der Waals surface area contributed by atoms with Crippen LogP contribution in [0.15, 0.2) is 36.7 Å². The molecule has 1 aliphatic heterocycles. The molecule has 0 aliphatic carbocycles. The highest BCUT2D eigenvalue weighted by molar-refractivity contribution is 5.93. The number of benzene rings is 1. The third-order valence-electron chi connectivity index (χ3n) is 3.70. The van der Waals surface area contributed by atoms with Crippen molar-refractivity contribution in [1.29, 1.82) is 5.26 Å². The minimum Gasteiger partial charge on any atom is -0.376 e. The van der Waals surface area contributed by atoms with E-state index >= 15 is 0 Å². The Morgan fingerprint density at radius 3 is 2.88 bits per heavy atom. The van der Waals surface area contributed by atoms with Crippen molar-refractivity contribution in [3.05, 3.63) is 47.9 Å². The number of ether oxygens (including phenoxy) is 1. The number of nitrogens with one attached hydrogen (secondary N) is 2. The van der Waals surface area contributed by atoms with Crippen molar-refractivity contribution in [2.45, 2.75) is 18.9 Å². The molecule has 0 bridgehead atoms. The second-order valence-corrected chi connectivity index (χ2v) is 5.45. The Bertz CT molecular complexity index is 748. The number of hydrogen-bond acceptors (Lipinski definition) is 6. The Hall–Kier alpha value is -2.98. The number of amides is 1. The van der Waals surface area contributed by atoms with Crippen molar-refractivity contribution >= 4 is 17.4 Å². The zero-order valence-corrected chi connectivity index (χ0v) is 13.0. The molecule has 1 aliphatic rings. The second-order valence-electron chi connectivity index (χ2n) is 5.45. The third-order valence-corrected chi connectivity index (χ3v) is 3.70. The van der Waals surface area contributed by atoms with Crippen LogP contribution in [0.25, 0.3) is 0 Å². The molecule has 2 heterocycles. The molecule has 1 fully saturated rings. The van der Waals surface area contributed by atoms with Crippen LogP contribution in [0.3, 0.4) is 0 Å². The van der Waals surface area contributed by atoms with Gasteiger partial charge in [0.25, 0.3) is 5.91 Å². The SMILES string of the molecule is N#Cc1ccc(Nc2cc(C(=O)NCC3CCCO3)ncn2)cc1. The molecule has 1 aromatic carbocycles. The van der Waals surface area contributed by atoms with Gasteiger partial charge in [0.2, 0.25) is 0 Å². The largest absolute Gasteiger partial charge is 0.376 e. The molecule has 1 aromatic heterocycles. The first kappa shape index (κ1) is 15.9. The Labute approximate surface area is 139 Å². The van der Waals surface area contributed by atoms with Crippen LogP contribution in [0.4, 0.5) is 11.5 Å². The summed E-state index contributed by atoms with van der Waals surface area (Å²) >= 11 is 0. The van der Waals surface area contributed by atoms with E-state index in [4.69, 9.17) is 10.00 Å². The molecule has 24 heavy (non-hydrogen) atoms. The van der Waals surface area contributed by atoms with Gasteiger partial charge in [-0.15, -0.1) is 0 Å². The van der Waals surface area contributed by atoms with Crippen molar-refractivity contribution in [2.24, 2.45) is 0 Å². The van der Waals surface area contributed by atoms with Gasteiger partial charge in [-0.1, -0.05) is 0 Å². The number of hydrogen-bond donors (Lipinski definition) is 2. The van der Waals surface area contributed by atoms with E-state index in [1.807, 2.05) is 0 Å². The van der Waals surface area contributed by atoms with Crippen LogP contribution in [0, 0.1) is 11.3 Å². The molecule has 2 N–H and O–H groups in total. The molecule has 1 saturated heterocycles. The monoisotopic (exact) mass is 323 g/mol. The van der Waals surface area contributed by atoms with E-state index in [1.165, 1.54) is 6.33 Å². The molecule has 7 nitrogen and oxygen atoms in total. The number of nitriles is 1. The predicted molar refractivity (Wildman–Crippen MR) is 87.8 cm³/mol. The summed E-state index contributed by atoms with van der Waals surface area (Å²) in [4.78, 5) is 20.3. The van der Waals surface area contributed by atoms with E-state index in [1.54, 1.807) is 30.3 Å². The summed E-state index contributed by atoms with van der Waals surface area (Å²) in [5, 5.41) is 14.7. The fraction of sp³-hybridized carbons (Fsp3) is 0.294. The lowest BCUT2D eigenvalue weighted by Crippen LogP contribution is -2.32. The molecular weight excluding hydrogens is 306 g/mol. The number of nitrogens with zero attached hydrogens (tertiary/aromatic N) is 3. The quantitative estimate of drug-likeness (QED) is 0.873. The normalized spacial score (nSPS) is 16.4. The van der Waals surface area contributed by atoms with Gasteiger partial charge in [0.1, 0.15) is 17.8 Å². The van der Waals surface area contributed by atoms with E-state index in [0.29, 0.717) is 23.6 Å². The highest BCUT2D eigenvalue weighted by Gasteiger charge is 2.17. The van der Waals surface area contributed by atoms with Gasteiger partial charge in [-0.2, -0.15) is 5.26 Å². The highest BCUT2D eigenvalue weighted by atomic mass is 16.5. The van der Waals surface area contributed by atoms with Crippen LogP contribution in [0.2, 0.25) is 0 Å². The Kier molecular flexibility index (Phi) is 4.99. The van der Waals surface area contributed by atoms with E-state index in [2.05, 4.69) is 26.7 Å². The fourth-order valence-corrected chi connectivity index (χ4v) is 2.43. The summed E-state index contributed by atoms with van der Waals surface area (Å²) in [6, 6.07) is 10.6. The maximum Gasteiger partial charge on any atom is 0.270 e. The molecule has 3 rings (SSSR count). The molecule has 1 amide bonds. The molecule has 7 heteroatoms. The van der Waals surface area contributed by atoms with Gasteiger partial charge >= 0.3 is 0 Å². The van der Waals surface area contributed by atoms with Crippen LogP contribution in [0.1, 0.15) is 28.9 Å². The van der Waals surface area contributed by atoms with Crippen molar-refractivity contribution < 1.29 is 9.53 Å². The molecule has 1 unspecified atom stereocenters. The molecule has 0 saturated carbocycles. The Morgan fingerprint density at radius 1 is 1.33 bits per heavy atom. The van der Waals surface area contributed by atoms with E-state index in [9.17, 15) is 4.79 Å². The van der Waals surface area contributed by atoms with Gasteiger partial charge < -0.3 is 15.4 Å². The van der Waals surface area contributed by atoms with Gasteiger partial charge in [-0.05, 0) is 37.1 Å². The topological polar surface area (TPSA) is 99.9 Å². The molecule has 2 aromatic rings. The van der Waals surface area contributed by atoms with Crippen LogP contribution >= 0.6 is 0 Å². The number of anilines is 2. The highest BCUT2D eigenvalue weighted by Crippen LogP contribution is 2.15. The first-order chi connectivity index (χ1) is 11.7. The first-order valence-electron chi connectivity index (χ1n) is 7.73. The van der Waals surface area contributed by atoms with E-state index < -0.39 is 0 Å². The standard InChI is InChI=1S/C17H17N5O2/c18-9-12-3-5-13(6-4-12)22-16-8-15(20-11-21-16)17(23)19-10-14-2-1-7-24-14/h3-6,8,11,14H,1-2,7,10H2,(H,19,23)(H,20,21,22). The maximum atomic E-state index is 12.2. The van der Waals surface area contributed by atoms with Gasteiger partial charge in [0.15, 0.2) is 0 Å². The smallest absolute Gasteiger partial charge is 0.270 e. The van der Waals surface area contributed by atoms with Gasteiger partial charge in [-0.3, -0.25) is 4.79 Å². The van der Waals surface area contributed by atoms with Gasteiger partial charge in [0.05, 0.1) is 17.7 Å². The number of aromatic nitrogens is 2. The number of rotatable bonds is 5. The van der Waals surface area contributed by atoms with Gasteiger partial charge in [0, 0.05) is 24.9 Å². The van der Waals surface area contributed by atoms with Crippen molar-refractivity contribution in [1.82, 2.24) is 15.3 Å². The molecule has 0 radical (unpaired) electrons. The van der Waals surface area contributed by atoms with E-state index in [0.717, 1.165) is 25.1 Å². The lowest BCUT2D eigenvalue weighted by atomic mass is 10.2. The first-order valence-corrected chi connectivity index (χ1v) is 7.73. The summed E-state index contributed by atoms with van der Waals surface area (Å²) in [5.74, 6) is 0.257. The zero-order valence-electron chi connectivity index (χ0n) is 13.0. The summed E-state index contributed by atoms with van der Waals surface area (Å²) in [6.45, 7) is 1.24. The maximum absolute atomic E-state index is 12.2. The van der Waals surface area contributed by atoms with Crippen LogP contribution in [0.5, 0.6) is 0 Å². The average molecular weight is 323 g/mol. The summed E-state index contributed by atoms with van der Waals surface area (Å²) < 4.78 is 5.48. The van der Waals surface area contributed by atoms with Crippen molar-refractivity contribution in [3.8, 4) is 6.07 Å². The number of carbonyl (C=O) groups excluding carboxylic acids is 1. The summed E-state index contributed by atoms with van der Waals surface area (Å²) in [5.41, 5.74) is 1.65. The minimum atomic E-state index is -0.254. The van der Waals surface area contributed by atoms with Crippen LogP contribution in [-0.2, 0) is 4.74 Å². The lowest BCUT2D eigenvalue weighted by molar-refractivity contribution is 0.0853. The molecule has 1 atom stereocenters. The minimum absolute atomic E-state index is 0.0898. The fourth-order valence-electron chi connectivity index (χ4n) is 2.43. The van der Waals surface area contributed by atoms with E-state index in [-0.39, 0.29) is 12.0 Å². The number of carbonyl (C=O) groups is 1. The summed E-state index contributed by atoms with van der Waals surface area (Å²) in [7, 11) is 0. The zero-order chi connectivity index (χ0) is 16.8. The molecule has 0 spiro atoms. The van der Waals surface area contributed by atoms with Crippen molar-refractivity contribution in [3.63, 3.8) is 0 Å². The third kappa shape index (κ3) is 4.06. The Balaban J connectivity index is 1.62. The average Bonchev–Trinajstić information content (AvgIpc) is 3.14.